The predicted octanol–water partition coefficient (Wildman–Crippen LogP) is 2.83. The zero-order valence-corrected chi connectivity index (χ0v) is 11.2. The second kappa shape index (κ2) is 5.87. The van der Waals surface area contributed by atoms with Crippen LogP contribution < -0.4 is 5.32 Å². The molecule has 18 heavy (non-hydrogen) atoms. The van der Waals surface area contributed by atoms with Crippen LogP contribution in [-0.2, 0) is 6.54 Å². The molecule has 2 aliphatic rings. The zero-order valence-electron chi connectivity index (χ0n) is 11.2. The van der Waals surface area contributed by atoms with Gasteiger partial charge < -0.3 is 9.88 Å². The van der Waals surface area contributed by atoms with E-state index in [0.29, 0.717) is 0 Å². The average Bonchev–Trinajstić information content (AvgIpc) is 2.98. The van der Waals surface area contributed by atoms with Gasteiger partial charge in [0.2, 0.25) is 0 Å². The van der Waals surface area contributed by atoms with Crippen molar-refractivity contribution in [1.82, 2.24) is 14.9 Å². The first-order chi connectivity index (χ1) is 8.93. The Labute approximate surface area is 110 Å². The monoisotopic (exact) mass is 247 g/mol. The van der Waals surface area contributed by atoms with Gasteiger partial charge in [-0.3, -0.25) is 0 Å². The summed E-state index contributed by atoms with van der Waals surface area (Å²) < 4.78 is 2.17. The molecule has 0 amide bonds. The van der Waals surface area contributed by atoms with E-state index in [1.165, 1.54) is 44.9 Å². The van der Waals surface area contributed by atoms with Gasteiger partial charge in [-0.1, -0.05) is 19.3 Å². The molecule has 0 radical (unpaired) electrons. The van der Waals surface area contributed by atoms with E-state index in [4.69, 9.17) is 0 Å². The Morgan fingerprint density at radius 1 is 1.11 bits per heavy atom. The number of nitrogens with one attached hydrogen (secondary N) is 1. The molecule has 1 aromatic heterocycles. The van der Waals surface area contributed by atoms with Gasteiger partial charge in [0, 0.05) is 31.5 Å². The first-order valence-electron chi connectivity index (χ1n) is 7.62. The summed E-state index contributed by atoms with van der Waals surface area (Å²) in [6.07, 6.45) is 16.0. The first kappa shape index (κ1) is 12.2. The van der Waals surface area contributed by atoms with Crippen LogP contribution in [0.1, 0.15) is 44.9 Å². The van der Waals surface area contributed by atoms with Gasteiger partial charge in [-0.25, -0.2) is 4.98 Å². The summed E-state index contributed by atoms with van der Waals surface area (Å²) in [5.74, 6) is 1.92. The van der Waals surface area contributed by atoms with E-state index in [2.05, 4.69) is 21.1 Å². The van der Waals surface area contributed by atoms with Crippen molar-refractivity contribution >= 4 is 0 Å². The Hall–Kier alpha value is -0.830. The van der Waals surface area contributed by atoms with Crippen molar-refractivity contribution in [3.63, 3.8) is 0 Å². The fourth-order valence-electron chi connectivity index (χ4n) is 3.61. The molecule has 0 saturated heterocycles. The van der Waals surface area contributed by atoms with Crippen molar-refractivity contribution in [1.29, 1.82) is 0 Å². The highest BCUT2D eigenvalue weighted by atomic mass is 15.1. The maximum absolute atomic E-state index is 4.10. The van der Waals surface area contributed by atoms with Gasteiger partial charge >= 0.3 is 0 Å². The van der Waals surface area contributed by atoms with Gasteiger partial charge in [0.15, 0.2) is 0 Å². The quantitative estimate of drug-likeness (QED) is 0.837. The van der Waals surface area contributed by atoms with Crippen molar-refractivity contribution in [2.75, 3.05) is 6.54 Å². The van der Waals surface area contributed by atoms with Gasteiger partial charge in [0.1, 0.15) is 0 Å². The molecule has 3 rings (SSSR count). The van der Waals surface area contributed by atoms with E-state index < -0.39 is 0 Å². The second-order valence-electron chi connectivity index (χ2n) is 6.02. The van der Waals surface area contributed by atoms with E-state index in [-0.39, 0.29) is 0 Å². The van der Waals surface area contributed by atoms with E-state index in [1.54, 1.807) is 0 Å². The minimum absolute atomic E-state index is 0.796. The van der Waals surface area contributed by atoms with E-state index in [9.17, 15) is 0 Å². The predicted molar refractivity (Wildman–Crippen MR) is 73.3 cm³/mol. The summed E-state index contributed by atoms with van der Waals surface area (Å²) in [6.45, 7) is 2.14. The molecule has 1 unspecified atom stereocenters. The van der Waals surface area contributed by atoms with Gasteiger partial charge in [-0.2, -0.15) is 0 Å². The maximum atomic E-state index is 4.10. The Bertz CT molecular complexity index is 337. The highest BCUT2D eigenvalue weighted by molar-refractivity contribution is 4.90. The van der Waals surface area contributed by atoms with Gasteiger partial charge in [-0.05, 0) is 37.5 Å². The molecule has 2 saturated carbocycles. The number of hydrogen-bond acceptors (Lipinski definition) is 2. The molecule has 3 nitrogen and oxygen atoms in total. The molecule has 0 spiro atoms. The molecule has 1 N–H and O–H groups in total. The minimum Gasteiger partial charge on any atom is -0.336 e. The third-order valence-electron chi connectivity index (χ3n) is 4.87. The lowest BCUT2D eigenvalue weighted by atomic mass is 9.74. The highest BCUT2D eigenvalue weighted by Gasteiger charge is 2.33. The Morgan fingerprint density at radius 2 is 1.83 bits per heavy atom. The molecular weight excluding hydrogens is 222 g/mol. The lowest BCUT2D eigenvalue weighted by Crippen LogP contribution is -2.45. The normalized spacial score (nSPS) is 23.1. The molecule has 0 aliphatic heterocycles. The molecule has 2 fully saturated rings. The smallest absolute Gasteiger partial charge is 0.0946 e. The van der Waals surface area contributed by atoms with Gasteiger partial charge in [-0.15, -0.1) is 0 Å². The molecule has 0 bridgehead atoms. The summed E-state index contributed by atoms with van der Waals surface area (Å²) in [6, 6.07) is 0.796. The van der Waals surface area contributed by atoms with Crippen LogP contribution >= 0.6 is 0 Å². The van der Waals surface area contributed by atoms with Crippen molar-refractivity contribution < 1.29 is 0 Å². The van der Waals surface area contributed by atoms with E-state index >= 15 is 0 Å². The number of rotatable bonds is 6. The summed E-state index contributed by atoms with van der Waals surface area (Å²) in [7, 11) is 0. The Morgan fingerprint density at radius 3 is 2.39 bits per heavy atom. The molecule has 1 atom stereocenters. The van der Waals surface area contributed by atoms with Gasteiger partial charge in [0.25, 0.3) is 0 Å². The lowest BCUT2D eigenvalue weighted by molar-refractivity contribution is 0.173. The molecule has 2 aliphatic carbocycles. The van der Waals surface area contributed by atoms with Crippen molar-refractivity contribution in [2.24, 2.45) is 11.8 Å². The molecule has 0 aromatic carbocycles. The Balaban J connectivity index is 1.49. The van der Waals surface area contributed by atoms with Crippen LogP contribution in [0.3, 0.4) is 0 Å². The van der Waals surface area contributed by atoms with Crippen molar-refractivity contribution in [2.45, 2.75) is 57.5 Å². The van der Waals surface area contributed by atoms with E-state index in [0.717, 1.165) is 31.0 Å². The lowest BCUT2D eigenvalue weighted by Gasteiger charge is -2.38. The summed E-state index contributed by atoms with van der Waals surface area (Å²) in [4.78, 5) is 4.10. The van der Waals surface area contributed by atoms with E-state index in [1.807, 2.05) is 12.5 Å². The summed E-state index contributed by atoms with van der Waals surface area (Å²) in [5, 5.41) is 3.85. The highest BCUT2D eigenvalue weighted by Crippen LogP contribution is 2.38. The number of nitrogens with zero attached hydrogens (tertiary/aromatic N) is 2. The topological polar surface area (TPSA) is 29.9 Å². The largest absolute Gasteiger partial charge is 0.336 e. The minimum atomic E-state index is 0.796. The van der Waals surface area contributed by atoms with Crippen LogP contribution in [0.15, 0.2) is 18.7 Å². The SMILES string of the molecule is c1cn(CCNC(C2CCCC2)C2CCC2)cn1. The molecule has 1 aromatic rings. The number of imidazole rings is 1. The fraction of sp³-hybridized carbons (Fsp3) is 0.800. The van der Waals surface area contributed by atoms with Crippen LogP contribution in [-0.4, -0.2) is 22.1 Å². The summed E-state index contributed by atoms with van der Waals surface area (Å²) in [5.41, 5.74) is 0. The van der Waals surface area contributed by atoms with Crippen molar-refractivity contribution in [3.05, 3.63) is 18.7 Å². The second-order valence-corrected chi connectivity index (χ2v) is 6.02. The van der Waals surface area contributed by atoms with Crippen LogP contribution in [0.4, 0.5) is 0 Å². The molecular formula is C15H25N3. The number of hydrogen-bond donors (Lipinski definition) is 1. The molecule has 3 heteroatoms. The first-order valence-corrected chi connectivity index (χ1v) is 7.62. The van der Waals surface area contributed by atoms with Gasteiger partial charge in [0.05, 0.1) is 6.33 Å². The third kappa shape index (κ3) is 2.77. The zero-order chi connectivity index (χ0) is 12.2. The fourth-order valence-corrected chi connectivity index (χ4v) is 3.61. The third-order valence-corrected chi connectivity index (χ3v) is 4.87. The van der Waals surface area contributed by atoms with Crippen LogP contribution in [0.5, 0.6) is 0 Å². The van der Waals surface area contributed by atoms with Crippen LogP contribution in [0, 0.1) is 11.8 Å². The maximum Gasteiger partial charge on any atom is 0.0946 e. The molecule has 100 valence electrons. The van der Waals surface area contributed by atoms with Crippen LogP contribution in [0.2, 0.25) is 0 Å². The van der Waals surface area contributed by atoms with Crippen LogP contribution in [0.25, 0.3) is 0 Å². The Kier molecular flexibility index (Phi) is 3.99. The molecule has 1 heterocycles. The van der Waals surface area contributed by atoms with Crippen molar-refractivity contribution in [3.8, 4) is 0 Å². The number of aromatic nitrogens is 2. The summed E-state index contributed by atoms with van der Waals surface area (Å²) >= 11 is 0. The standard InChI is InChI=1S/C15H25N3/c1-2-5-13(4-1)15(14-6-3-7-14)17-9-11-18-10-8-16-12-18/h8,10,12-15,17H,1-7,9,11H2. The average molecular weight is 247 g/mol.